The SMILES string of the molecule is CCc1ccc(S(=O)(=O)Nc2ccc(NC(=O)c3ccco3)cc2)cc1. The Morgan fingerprint density at radius 1 is 0.962 bits per heavy atom. The summed E-state index contributed by atoms with van der Waals surface area (Å²) >= 11 is 0. The fourth-order valence-electron chi connectivity index (χ4n) is 2.34. The molecule has 0 saturated heterocycles. The summed E-state index contributed by atoms with van der Waals surface area (Å²) in [6, 6.07) is 16.3. The van der Waals surface area contributed by atoms with Gasteiger partial charge in [-0.15, -0.1) is 0 Å². The van der Waals surface area contributed by atoms with Crippen LogP contribution in [0.5, 0.6) is 0 Å². The zero-order valence-electron chi connectivity index (χ0n) is 14.1. The lowest BCUT2D eigenvalue weighted by molar-refractivity contribution is 0.0996. The lowest BCUT2D eigenvalue weighted by Crippen LogP contribution is -2.13. The van der Waals surface area contributed by atoms with Gasteiger partial charge in [-0.2, -0.15) is 0 Å². The number of sulfonamides is 1. The predicted octanol–water partition coefficient (Wildman–Crippen LogP) is 3.90. The maximum Gasteiger partial charge on any atom is 0.291 e. The van der Waals surface area contributed by atoms with E-state index in [2.05, 4.69) is 10.0 Å². The van der Waals surface area contributed by atoms with E-state index in [1.807, 2.05) is 6.92 Å². The van der Waals surface area contributed by atoms with E-state index in [1.54, 1.807) is 60.7 Å². The smallest absolute Gasteiger partial charge is 0.291 e. The lowest BCUT2D eigenvalue weighted by atomic mass is 10.2. The molecule has 7 heteroatoms. The topological polar surface area (TPSA) is 88.4 Å². The molecule has 1 aromatic heterocycles. The quantitative estimate of drug-likeness (QED) is 0.689. The lowest BCUT2D eigenvalue weighted by Gasteiger charge is -2.10. The summed E-state index contributed by atoms with van der Waals surface area (Å²) in [6.07, 6.45) is 2.26. The van der Waals surface area contributed by atoms with Gasteiger partial charge in [-0.1, -0.05) is 19.1 Å². The zero-order chi connectivity index (χ0) is 18.6. The van der Waals surface area contributed by atoms with Crippen molar-refractivity contribution >= 4 is 27.3 Å². The average Bonchev–Trinajstić information content (AvgIpc) is 3.18. The first-order valence-electron chi connectivity index (χ1n) is 8.04. The van der Waals surface area contributed by atoms with Crippen molar-refractivity contribution in [1.29, 1.82) is 0 Å². The van der Waals surface area contributed by atoms with Crippen LogP contribution in [0.1, 0.15) is 23.0 Å². The Kier molecular flexibility index (Phi) is 5.09. The number of benzene rings is 2. The number of hydrogen-bond donors (Lipinski definition) is 2. The molecule has 6 nitrogen and oxygen atoms in total. The molecule has 0 spiro atoms. The first-order valence-corrected chi connectivity index (χ1v) is 9.53. The van der Waals surface area contributed by atoms with E-state index in [9.17, 15) is 13.2 Å². The first kappa shape index (κ1) is 17.8. The summed E-state index contributed by atoms with van der Waals surface area (Å²) in [5.74, 6) is -0.176. The van der Waals surface area contributed by atoms with Gasteiger partial charge in [-0.25, -0.2) is 8.42 Å². The van der Waals surface area contributed by atoms with Crippen LogP contribution in [0.15, 0.2) is 76.2 Å². The van der Waals surface area contributed by atoms with Crippen LogP contribution in [-0.2, 0) is 16.4 Å². The third kappa shape index (κ3) is 4.12. The van der Waals surface area contributed by atoms with E-state index < -0.39 is 10.0 Å². The van der Waals surface area contributed by atoms with Crippen molar-refractivity contribution in [3.63, 3.8) is 0 Å². The molecule has 1 heterocycles. The van der Waals surface area contributed by atoms with Crippen molar-refractivity contribution in [1.82, 2.24) is 0 Å². The van der Waals surface area contributed by atoms with Crippen LogP contribution in [0.3, 0.4) is 0 Å². The molecule has 2 N–H and O–H groups in total. The molecule has 134 valence electrons. The number of nitrogens with one attached hydrogen (secondary N) is 2. The Bertz CT molecular complexity index is 977. The summed E-state index contributed by atoms with van der Waals surface area (Å²) in [5, 5.41) is 2.67. The van der Waals surface area contributed by atoms with E-state index in [1.165, 1.54) is 6.26 Å². The third-order valence-electron chi connectivity index (χ3n) is 3.78. The molecule has 0 aliphatic carbocycles. The van der Waals surface area contributed by atoms with Gasteiger partial charge in [0.05, 0.1) is 11.2 Å². The van der Waals surface area contributed by atoms with Crippen molar-refractivity contribution in [2.75, 3.05) is 10.0 Å². The third-order valence-corrected chi connectivity index (χ3v) is 5.18. The Balaban J connectivity index is 1.69. The van der Waals surface area contributed by atoms with Gasteiger partial charge in [0.1, 0.15) is 0 Å². The highest BCUT2D eigenvalue weighted by Gasteiger charge is 2.14. The molecule has 0 aliphatic heterocycles. The minimum Gasteiger partial charge on any atom is -0.459 e. The van der Waals surface area contributed by atoms with Crippen molar-refractivity contribution in [3.8, 4) is 0 Å². The van der Waals surface area contributed by atoms with E-state index in [4.69, 9.17) is 4.42 Å². The second-order valence-electron chi connectivity index (χ2n) is 5.61. The Labute approximate surface area is 151 Å². The monoisotopic (exact) mass is 370 g/mol. The molecule has 1 amide bonds. The van der Waals surface area contributed by atoms with Crippen LogP contribution >= 0.6 is 0 Å². The standard InChI is InChI=1S/C19H18N2O4S/c1-2-14-5-11-17(12-6-14)26(23,24)21-16-9-7-15(8-10-16)20-19(22)18-4-3-13-25-18/h3-13,21H,2H2,1H3,(H,20,22). The number of hydrogen-bond acceptors (Lipinski definition) is 4. The van der Waals surface area contributed by atoms with E-state index in [-0.39, 0.29) is 16.6 Å². The highest BCUT2D eigenvalue weighted by Crippen LogP contribution is 2.19. The molecule has 0 fully saturated rings. The Morgan fingerprint density at radius 3 is 2.19 bits per heavy atom. The molecular formula is C19H18N2O4S. The molecule has 2 aromatic carbocycles. The largest absolute Gasteiger partial charge is 0.459 e. The maximum atomic E-state index is 12.4. The van der Waals surface area contributed by atoms with E-state index >= 15 is 0 Å². The van der Waals surface area contributed by atoms with Gasteiger partial charge < -0.3 is 9.73 Å². The summed E-state index contributed by atoms with van der Waals surface area (Å²) in [6.45, 7) is 2.01. The fourth-order valence-corrected chi connectivity index (χ4v) is 3.40. The summed E-state index contributed by atoms with van der Waals surface area (Å²) in [4.78, 5) is 12.1. The van der Waals surface area contributed by atoms with Gasteiger partial charge >= 0.3 is 0 Å². The maximum absolute atomic E-state index is 12.4. The van der Waals surface area contributed by atoms with Crippen LogP contribution < -0.4 is 10.0 Å². The molecule has 0 saturated carbocycles. The van der Waals surface area contributed by atoms with Crippen LogP contribution in [0.2, 0.25) is 0 Å². The summed E-state index contributed by atoms with van der Waals surface area (Å²) in [5.41, 5.74) is 2.00. The predicted molar refractivity (Wildman–Crippen MR) is 99.7 cm³/mol. The normalized spacial score (nSPS) is 11.1. The highest BCUT2D eigenvalue weighted by molar-refractivity contribution is 7.92. The minimum atomic E-state index is -3.66. The van der Waals surface area contributed by atoms with Crippen LogP contribution in [0.25, 0.3) is 0 Å². The zero-order valence-corrected chi connectivity index (χ0v) is 14.9. The minimum absolute atomic E-state index is 0.199. The number of amides is 1. The van der Waals surface area contributed by atoms with Crippen molar-refractivity contribution < 1.29 is 17.6 Å². The second-order valence-corrected chi connectivity index (χ2v) is 7.29. The first-order chi connectivity index (χ1) is 12.5. The Hall–Kier alpha value is -3.06. The molecular weight excluding hydrogens is 352 g/mol. The van der Waals surface area contributed by atoms with Gasteiger partial charge in [-0.3, -0.25) is 9.52 Å². The number of rotatable bonds is 6. The average molecular weight is 370 g/mol. The van der Waals surface area contributed by atoms with E-state index in [0.717, 1.165) is 12.0 Å². The fraction of sp³-hybridized carbons (Fsp3) is 0.105. The van der Waals surface area contributed by atoms with Crippen molar-refractivity contribution in [2.45, 2.75) is 18.2 Å². The van der Waals surface area contributed by atoms with Gasteiger partial charge in [0.15, 0.2) is 5.76 Å². The molecule has 0 atom stereocenters. The van der Waals surface area contributed by atoms with Gasteiger partial charge in [0.2, 0.25) is 0 Å². The van der Waals surface area contributed by atoms with Crippen LogP contribution in [0, 0.1) is 0 Å². The molecule has 3 aromatic rings. The van der Waals surface area contributed by atoms with Crippen molar-refractivity contribution in [3.05, 3.63) is 78.3 Å². The molecule has 26 heavy (non-hydrogen) atoms. The summed E-state index contributed by atoms with van der Waals surface area (Å²) in [7, 11) is -3.66. The van der Waals surface area contributed by atoms with Crippen LogP contribution in [-0.4, -0.2) is 14.3 Å². The molecule has 0 aliphatic rings. The van der Waals surface area contributed by atoms with Gasteiger partial charge in [0.25, 0.3) is 15.9 Å². The Morgan fingerprint density at radius 2 is 1.62 bits per heavy atom. The molecule has 0 unspecified atom stereocenters. The number of carbonyl (C=O) groups excluding carboxylic acids is 1. The van der Waals surface area contributed by atoms with Gasteiger partial charge in [0, 0.05) is 11.4 Å². The van der Waals surface area contributed by atoms with Crippen LogP contribution in [0.4, 0.5) is 11.4 Å². The number of furan rings is 1. The number of anilines is 2. The van der Waals surface area contributed by atoms with Crippen molar-refractivity contribution in [2.24, 2.45) is 0 Å². The molecule has 0 radical (unpaired) electrons. The molecule has 0 bridgehead atoms. The van der Waals surface area contributed by atoms with E-state index in [0.29, 0.717) is 11.4 Å². The highest BCUT2D eigenvalue weighted by atomic mass is 32.2. The summed E-state index contributed by atoms with van der Waals surface area (Å²) < 4.78 is 32.4. The van der Waals surface area contributed by atoms with Gasteiger partial charge in [-0.05, 0) is 60.5 Å². The molecule has 3 rings (SSSR count). The number of aryl methyl sites for hydroxylation is 1. The second kappa shape index (κ2) is 7.45. The number of carbonyl (C=O) groups is 1.